The van der Waals surface area contributed by atoms with Gasteiger partial charge in [-0.05, 0) is 37.1 Å². The molecule has 0 saturated carbocycles. The van der Waals surface area contributed by atoms with Gasteiger partial charge in [0, 0.05) is 24.7 Å². The van der Waals surface area contributed by atoms with Crippen molar-refractivity contribution in [2.45, 2.75) is 39.1 Å². The summed E-state index contributed by atoms with van der Waals surface area (Å²) >= 11 is 0. The van der Waals surface area contributed by atoms with E-state index in [-0.39, 0.29) is 10.8 Å². The highest BCUT2D eigenvalue weighted by Crippen LogP contribution is 2.21. The third-order valence-electron chi connectivity index (χ3n) is 5.17. The number of carbonyl (C=O) groups excluding carboxylic acids is 1. The summed E-state index contributed by atoms with van der Waals surface area (Å²) < 4.78 is 28.8. The van der Waals surface area contributed by atoms with Gasteiger partial charge in [-0.2, -0.15) is 9.40 Å². The minimum Gasteiger partial charge on any atom is -0.307 e. The van der Waals surface area contributed by atoms with Gasteiger partial charge in [-0.15, -0.1) is 0 Å². The molecule has 0 spiro atoms. The predicted octanol–water partition coefficient (Wildman–Crippen LogP) is 3.83. The van der Waals surface area contributed by atoms with Crippen LogP contribution < -0.4 is 5.32 Å². The molecule has 1 N–H and O–H groups in total. The second kappa shape index (κ2) is 9.45. The third-order valence-corrected chi connectivity index (χ3v) is 7.22. The minimum atomic E-state index is -3.65. The van der Waals surface area contributed by atoms with Crippen LogP contribution in [0.4, 0.5) is 5.82 Å². The van der Waals surface area contributed by atoms with Crippen LogP contribution in [0.5, 0.6) is 0 Å². The van der Waals surface area contributed by atoms with Gasteiger partial charge in [0.1, 0.15) is 5.82 Å². The van der Waals surface area contributed by atoms with Crippen LogP contribution >= 0.6 is 0 Å². The van der Waals surface area contributed by atoms with Gasteiger partial charge in [0.05, 0.1) is 17.6 Å². The topological polar surface area (TPSA) is 84.3 Å². The molecular formula is C23H28N4O3S. The van der Waals surface area contributed by atoms with Gasteiger partial charge in [-0.1, -0.05) is 49.7 Å². The van der Waals surface area contributed by atoms with E-state index in [4.69, 9.17) is 0 Å². The standard InChI is InChI=1S/C23H28N4O3S/c1-5-26(6-2)31(29,30)20-11-10-18(4)21(15-20)23(28)25-22-12-13-24-27(22)16-19-9-7-8-17(3)14-19/h7-15H,5-6,16H2,1-4H3,(H,25,28). The van der Waals surface area contributed by atoms with E-state index in [9.17, 15) is 13.2 Å². The zero-order chi connectivity index (χ0) is 22.6. The highest BCUT2D eigenvalue weighted by Gasteiger charge is 2.23. The smallest absolute Gasteiger partial charge is 0.257 e. The molecule has 0 aliphatic heterocycles. The molecule has 3 rings (SSSR count). The van der Waals surface area contributed by atoms with Gasteiger partial charge in [-0.25, -0.2) is 13.1 Å². The molecule has 0 aliphatic rings. The summed E-state index contributed by atoms with van der Waals surface area (Å²) in [5.41, 5.74) is 3.23. The third kappa shape index (κ3) is 5.03. The largest absolute Gasteiger partial charge is 0.307 e. The molecule has 0 aliphatic carbocycles. The number of hydrogen-bond acceptors (Lipinski definition) is 4. The molecule has 7 nitrogen and oxygen atoms in total. The molecule has 8 heteroatoms. The fourth-order valence-electron chi connectivity index (χ4n) is 3.45. The molecule has 2 aromatic carbocycles. The fourth-order valence-corrected chi connectivity index (χ4v) is 4.94. The van der Waals surface area contributed by atoms with Crippen LogP contribution in [-0.4, -0.2) is 41.5 Å². The fraction of sp³-hybridized carbons (Fsp3) is 0.304. The molecule has 0 saturated heterocycles. The lowest BCUT2D eigenvalue weighted by Crippen LogP contribution is -2.31. The number of rotatable bonds is 8. The Labute approximate surface area is 183 Å². The highest BCUT2D eigenvalue weighted by molar-refractivity contribution is 7.89. The average Bonchev–Trinajstić information content (AvgIpc) is 3.15. The van der Waals surface area contributed by atoms with Gasteiger partial charge in [-0.3, -0.25) is 4.79 Å². The second-order valence-corrected chi connectivity index (χ2v) is 9.32. The number of nitrogens with one attached hydrogen (secondary N) is 1. The van der Waals surface area contributed by atoms with E-state index in [1.54, 1.807) is 49.8 Å². The summed E-state index contributed by atoms with van der Waals surface area (Å²) in [6.07, 6.45) is 1.62. The first-order valence-corrected chi connectivity index (χ1v) is 11.7. The molecule has 1 amide bonds. The maximum atomic E-state index is 13.0. The Morgan fingerprint density at radius 2 is 1.81 bits per heavy atom. The van der Waals surface area contributed by atoms with E-state index >= 15 is 0 Å². The van der Waals surface area contributed by atoms with E-state index in [2.05, 4.69) is 16.5 Å². The lowest BCUT2D eigenvalue weighted by molar-refractivity contribution is 0.102. The Bertz CT molecular complexity index is 1180. The summed E-state index contributed by atoms with van der Waals surface area (Å²) in [4.78, 5) is 13.1. The summed E-state index contributed by atoms with van der Waals surface area (Å²) in [7, 11) is -3.65. The first-order chi connectivity index (χ1) is 14.8. The van der Waals surface area contributed by atoms with Crippen molar-refractivity contribution >= 4 is 21.7 Å². The molecule has 1 aromatic heterocycles. The number of nitrogens with zero attached hydrogens (tertiary/aromatic N) is 3. The second-order valence-electron chi connectivity index (χ2n) is 7.38. The van der Waals surface area contributed by atoms with Crippen molar-refractivity contribution < 1.29 is 13.2 Å². The number of anilines is 1. The maximum absolute atomic E-state index is 13.0. The summed E-state index contributed by atoms with van der Waals surface area (Å²) in [5.74, 6) is 0.169. The van der Waals surface area contributed by atoms with Gasteiger partial charge in [0.25, 0.3) is 5.91 Å². The Morgan fingerprint density at radius 1 is 1.06 bits per heavy atom. The van der Waals surface area contributed by atoms with Crippen molar-refractivity contribution in [3.63, 3.8) is 0 Å². The average molecular weight is 441 g/mol. The lowest BCUT2D eigenvalue weighted by atomic mass is 10.1. The van der Waals surface area contributed by atoms with Crippen LogP contribution in [0.1, 0.15) is 40.9 Å². The van der Waals surface area contributed by atoms with Crippen molar-refractivity contribution in [2.24, 2.45) is 0 Å². The molecule has 0 fully saturated rings. The number of benzene rings is 2. The minimum absolute atomic E-state index is 0.111. The zero-order valence-electron chi connectivity index (χ0n) is 18.3. The van der Waals surface area contributed by atoms with E-state index < -0.39 is 10.0 Å². The van der Waals surface area contributed by atoms with Crippen LogP contribution in [0.3, 0.4) is 0 Å². The number of hydrogen-bond donors (Lipinski definition) is 1. The van der Waals surface area contributed by atoms with E-state index in [1.807, 2.05) is 25.1 Å². The molecule has 3 aromatic rings. The van der Waals surface area contributed by atoms with Gasteiger partial charge < -0.3 is 5.32 Å². The summed E-state index contributed by atoms with van der Waals surface area (Å²) in [6, 6.07) is 14.5. The SMILES string of the molecule is CCN(CC)S(=O)(=O)c1ccc(C)c(C(=O)Nc2ccnn2Cc2cccc(C)c2)c1. The van der Waals surface area contributed by atoms with E-state index in [0.29, 0.717) is 36.6 Å². The van der Waals surface area contributed by atoms with Crippen molar-refractivity contribution in [1.82, 2.24) is 14.1 Å². The zero-order valence-corrected chi connectivity index (χ0v) is 19.1. The van der Waals surface area contributed by atoms with Gasteiger partial charge in [0.2, 0.25) is 10.0 Å². The van der Waals surface area contributed by atoms with Crippen molar-refractivity contribution in [1.29, 1.82) is 0 Å². The number of aryl methyl sites for hydroxylation is 2. The number of carbonyl (C=O) groups is 1. The van der Waals surface area contributed by atoms with Crippen LogP contribution in [0.25, 0.3) is 0 Å². The van der Waals surface area contributed by atoms with Crippen molar-refractivity contribution in [2.75, 3.05) is 18.4 Å². The molecule has 0 atom stereocenters. The van der Waals surface area contributed by atoms with E-state index in [1.165, 1.54) is 10.4 Å². The molecule has 1 heterocycles. The first-order valence-electron chi connectivity index (χ1n) is 10.3. The first kappa shape index (κ1) is 22.7. The van der Waals surface area contributed by atoms with Crippen LogP contribution in [0.15, 0.2) is 59.6 Å². The molecule has 31 heavy (non-hydrogen) atoms. The van der Waals surface area contributed by atoms with Gasteiger partial charge >= 0.3 is 0 Å². The number of aromatic nitrogens is 2. The maximum Gasteiger partial charge on any atom is 0.257 e. The lowest BCUT2D eigenvalue weighted by Gasteiger charge is -2.19. The molecule has 0 radical (unpaired) electrons. The normalized spacial score (nSPS) is 11.6. The van der Waals surface area contributed by atoms with Gasteiger partial charge in [0.15, 0.2) is 0 Å². The van der Waals surface area contributed by atoms with Crippen LogP contribution in [0, 0.1) is 13.8 Å². The highest BCUT2D eigenvalue weighted by atomic mass is 32.2. The number of amides is 1. The quantitative estimate of drug-likeness (QED) is 0.577. The predicted molar refractivity (Wildman–Crippen MR) is 122 cm³/mol. The Balaban J connectivity index is 1.86. The van der Waals surface area contributed by atoms with Crippen molar-refractivity contribution in [3.8, 4) is 0 Å². The number of sulfonamides is 1. The Kier molecular flexibility index (Phi) is 6.92. The van der Waals surface area contributed by atoms with Crippen molar-refractivity contribution in [3.05, 3.63) is 77.0 Å². The molecule has 0 unspecified atom stereocenters. The Hall–Kier alpha value is -2.97. The summed E-state index contributed by atoms with van der Waals surface area (Å²) in [5, 5.41) is 7.18. The monoisotopic (exact) mass is 440 g/mol. The molecule has 0 bridgehead atoms. The van der Waals surface area contributed by atoms with Crippen LogP contribution in [0.2, 0.25) is 0 Å². The Morgan fingerprint density at radius 3 is 2.48 bits per heavy atom. The van der Waals surface area contributed by atoms with E-state index in [0.717, 1.165) is 11.1 Å². The molecule has 164 valence electrons. The summed E-state index contributed by atoms with van der Waals surface area (Å²) in [6.45, 7) is 8.64. The molecular weight excluding hydrogens is 412 g/mol. The van der Waals surface area contributed by atoms with Crippen LogP contribution in [-0.2, 0) is 16.6 Å².